The molecule has 0 aliphatic carbocycles. The first-order valence-electron chi connectivity index (χ1n) is 11.2. The average Bonchev–Trinajstić information content (AvgIpc) is 3.59. The second kappa shape index (κ2) is 9.92. The van der Waals surface area contributed by atoms with E-state index in [1.807, 2.05) is 42.6 Å². The molecule has 36 heavy (non-hydrogen) atoms. The molecule has 0 radical (unpaired) electrons. The van der Waals surface area contributed by atoms with Gasteiger partial charge in [-0.1, -0.05) is 41.7 Å². The molecular formula is C26H23N5O3S2. The van der Waals surface area contributed by atoms with Crippen LogP contribution in [0.15, 0.2) is 102 Å². The lowest BCUT2D eigenvalue weighted by molar-refractivity contribution is 0.0985. The number of nitrogens with zero attached hydrogens (tertiary/aromatic N) is 5. The average molecular weight is 518 g/mol. The summed E-state index contributed by atoms with van der Waals surface area (Å²) < 4.78 is 30.2. The van der Waals surface area contributed by atoms with Crippen molar-refractivity contribution in [2.24, 2.45) is 0 Å². The Morgan fingerprint density at radius 2 is 1.67 bits per heavy atom. The molecule has 182 valence electrons. The molecule has 10 heteroatoms. The number of hydrogen-bond acceptors (Lipinski definition) is 6. The summed E-state index contributed by atoms with van der Waals surface area (Å²) in [6.07, 6.45) is 3.53. The number of anilines is 2. The molecule has 0 saturated carbocycles. The standard InChI is InChI=1S/C26H23N5O3S2/c1-29(21-8-3-2-4-9-21)36(33,34)22-14-12-20(13-15-22)25(32)31(19-18-30-17-7-16-27-30)26-28-23-10-5-6-11-24(23)35-26/h2-17H,18-19H2,1H3. The predicted molar refractivity (Wildman–Crippen MR) is 142 cm³/mol. The Balaban J connectivity index is 1.43. The number of thiazole rings is 1. The molecule has 0 spiro atoms. The Kier molecular flexibility index (Phi) is 6.53. The molecule has 0 unspecified atom stereocenters. The van der Waals surface area contributed by atoms with Crippen molar-refractivity contribution in [3.05, 3.63) is 103 Å². The second-order valence-electron chi connectivity index (χ2n) is 8.02. The molecule has 5 aromatic rings. The highest BCUT2D eigenvalue weighted by atomic mass is 32.2. The van der Waals surface area contributed by atoms with E-state index in [0.29, 0.717) is 29.5 Å². The van der Waals surface area contributed by atoms with Crippen LogP contribution >= 0.6 is 11.3 Å². The van der Waals surface area contributed by atoms with Gasteiger partial charge in [-0.2, -0.15) is 5.10 Å². The lowest BCUT2D eigenvalue weighted by Crippen LogP contribution is -2.34. The maximum atomic E-state index is 13.6. The highest BCUT2D eigenvalue weighted by Crippen LogP contribution is 2.30. The highest BCUT2D eigenvalue weighted by molar-refractivity contribution is 7.92. The summed E-state index contributed by atoms with van der Waals surface area (Å²) in [7, 11) is -2.27. The summed E-state index contributed by atoms with van der Waals surface area (Å²) in [6.45, 7) is 0.847. The number of aromatic nitrogens is 3. The van der Waals surface area contributed by atoms with E-state index in [0.717, 1.165) is 10.2 Å². The van der Waals surface area contributed by atoms with Crippen molar-refractivity contribution >= 4 is 48.3 Å². The molecule has 3 aromatic carbocycles. The zero-order valence-corrected chi connectivity index (χ0v) is 21.1. The fraction of sp³-hybridized carbons (Fsp3) is 0.115. The lowest BCUT2D eigenvalue weighted by atomic mass is 10.2. The minimum absolute atomic E-state index is 0.105. The van der Waals surface area contributed by atoms with Gasteiger partial charge in [-0.3, -0.25) is 18.7 Å². The van der Waals surface area contributed by atoms with E-state index in [1.165, 1.54) is 34.8 Å². The molecule has 0 bridgehead atoms. The normalized spacial score (nSPS) is 11.5. The van der Waals surface area contributed by atoms with Crippen molar-refractivity contribution in [2.45, 2.75) is 11.4 Å². The first-order chi connectivity index (χ1) is 17.4. The van der Waals surface area contributed by atoms with Gasteiger partial charge in [0.25, 0.3) is 15.9 Å². The summed E-state index contributed by atoms with van der Waals surface area (Å²) in [5, 5.41) is 4.80. The van der Waals surface area contributed by atoms with Gasteiger partial charge in [0.1, 0.15) is 0 Å². The number of carbonyl (C=O) groups excluding carboxylic acids is 1. The Morgan fingerprint density at radius 1 is 0.944 bits per heavy atom. The topological polar surface area (TPSA) is 88.4 Å². The van der Waals surface area contributed by atoms with Crippen LogP contribution in [0.1, 0.15) is 10.4 Å². The van der Waals surface area contributed by atoms with E-state index in [-0.39, 0.29) is 10.8 Å². The van der Waals surface area contributed by atoms with Gasteiger partial charge in [0.15, 0.2) is 5.13 Å². The fourth-order valence-electron chi connectivity index (χ4n) is 3.75. The quantitative estimate of drug-likeness (QED) is 0.299. The van der Waals surface area contributed by atoms with Crippen molar-refractivity contribution in [2.75, 3.05) is 22.8 Å². The lowest BCUT2D eigenvalue weighted by Gasteiger charge is -2.21. The summed E-state index contributed by atoms with van der Waals surface area (Å²) in [5.41, 5.74) is 1.74. The molecular weight excluding hydrogens is 494 g/mol. The van der Waals surface area contributed by atoms with Crippen LogP contribution in [0.5, 0.6) is 0 Å². The van der Waals surface area contributed by atoms with Gasteiger partial charge in [0.2, 0.25) is 0 Å². The van der Waals surface area contributed by atoms with E-state index < -0.39 is 10.0 Å². The Morgan fingerprint density at radius 3 is 2.36 bits per heavy atom. The third-order valence-corrected chi connectivity index (χ3v) is 8.61. The molecule has 5 rings (SSSR count). The molecule has 0 saturated heterocycles. The zero-order valence-electron chi connectivity index (χ0n) is 19.4. The van der Waals surface area contributed by atoms with E-state index in [9.17, 15) is 13.2 Å². The summed E-state index contributed by atoms with van der Waals surface area (Å²) >= 11 is 1.44. The van der Waals surface area contributed by atoms with Gasteiger partial charge in [0, 0.05) is 31.5 Å². The number of para-hydroxylation sites is 2. The van der Waals surface area contributed by atoms with E-state index in [2.05, 4.69) is 10.1 Å². The van der Waals surface area contributed by atoms with Crippen LogP contribution in [0, 0.1) is 0 Å². The van der Waals surface area contributed by atoms with Crippen molar-refractivity contribution in [1.82, 2.24) is 14.8 Å². The largest absolute Gasteiger partial charge is 0.282 e. The molecule has 2 heterocycles. The van der Waals surface area contributed by atoms with Crippen LogP contribution in [0.3, 0.4) is 0 Å². The van der Waals surface area contributed by atoms with Crippen LogP contribution in [-0.4, -0.2) is 42.7 Å². The van der Waals surface area contributed by atoms with Gasteiger partial charge in [0.05, 0.1) is 27.3 Å². The Labute approximate surface area is 213 Å². The predicted octanol–water partition coefficient (Wildman–Crippen LogP) is 4.66. The van der Waals surface area contributed by atoms with Crippen molar-refractivity contribution in [3.63, 3.8) is 0 Å². The molecule has 1 amide bonds. The first kappa shape index (κ1) is 23.7. The van der Waals surface area contributed by atoms with Gasteiger partial charge < -0.3 is 0 Å². The minimum Gasteiger partial charge on any atom is -0.282 e. The minimum atomic E-state index is -3.78. The fourth-order valence-corrected chi connectivity index (χ4v) is 5.94. The monoisotopic (exact) mass is 517 g/mol. The maximum absolute atomic E-state index is 13.6. The second-order valence-corrected chi connectivity index (χ2v) is 11.0. The van der Waals surface area contributed by atoms with Crippen LogP contribution in [0.4, 0.5) is 10.8 Å². The number of carbonyl (C=O) groups is 1. The van der Waals surface area contributed by atoms with Gasteiger partial charge >= 0.3 is 0 Å². The number of fused-ring (bicyclic) bond motifs is 1. The third kappa shape index (κ3) is 4.73. The zero-order chi connectivity index (χ0) is 25.1. The summed E-state index contributed by atoms with van der Waals surface area (Å²) in [6, 6.07) is 24.4. The van der Waals surface area contributed by atoms with Gasteiger partial charge in [-0.25, -0.2) is 13.4 Å². The maximum Gasteiger partial charge on any atom is 0.264 e. The molecule has 0 N–H and O–H groups in total. The molecule has 0 fully saturated rings. The Bertz CT molecular complexity index is 1550. The highest BCUT2D eigenvalue weighted by Gasteiger charge is 2.24. The number of amides is 1. The number of sulfonamides is 1. The number of benzene rings is 3. The molecule has 0 aliphatic heterocycles. The van der Waals surface area contributed by atoms with Crippen LogP contribution in [0.2, 0.25) is 0 Å². The van der Waals surface area contributed by atoms with E-state index in [1.54, 1.807) is 52.2 Å². The number of rotatable bonds is 8. The van der Waals surface area contributed by atoms with E-state index in [4.69, 9.17) is 0 Å². The van der Waals surface area contributed by atoms with Crippen molar-refractivity contribution in [1.29, 1.82) is 0 Å². The first-order valence-corrected chi connectivity index (χ1v) is 13.5. The SMILES string of the molecule is CN(c1ccccc1)S(=O)(=O)c1ccc(C(=O)N(CCn2cccn2)c2nc3ccccc3s2)cc1. The third-order valence-electron chi connectivity index (χ3n) is 5.75. The molecule has 0 atom stereocenters. The summed E-state index contributed by atoms with van der Waals surface area (Å²) in [5.74, 6) is -0.262. The van der Waals surface area contributed by atoms with Gasteiger partial charge in [-0.15, -0.1) is 0 Å². The van der Waals surface area contributed by atoms with Crippen molar-refractivity contribution < 1.29 is 13.2 Å². The molecule has 0 aliphatic rings. The smallest absolute Gasteiger partial charge is 0.264 e. The van der Waals surface area contributed by atoms with Crippen LogP contribution in [-0.2, 0) is 16.6 Å². The number of hydrogen-bond donors (Lipinski definition) is 0. The molecule has 2 aromatic heterocycles. The summed E-state index contributed by atoms with van der Waals surface area (Å²) in [4.78, 5) is 20.0. The van der Waals surface area contributed by atoms with Crippen LogP contribution in [0.25, 0.3) is 10.2 Å². The van der Waals surface area contributed by atoms with Gasteiger partial charge in [-0.05, 0) is 54.6 Å². The Hall–Kier alpha value is -4.02. The molecule has 8 nitrogen and oxygen atoms in total. The van der Waals surface area contributed by atoms with E-state index >= 15 is 0 Å². The van der Waals surface area contributed by atoms with Crippen LogP contribution < -0.4 is 9.21 Å². The van der Waals surface area contributed by atoms with Crippen molar-refractivity contribution in [3.8, 4) is 0 Å².